The molecule has 1 N–H and O–H groups in total. The van der Waals surface area contributed by atoms with E-state index in [1.54, 1.807) is 19.1 Å². The van der Waals surface area contributed by atoms with Gasteiger partial charge in [-0.2, -0.15) is 0 Å². The molecule has 0 saturated heterocycles. The van der Waals surface area contributed by atoms with Crippen molar-refractivity contribution in [3.63, 3.8) is 0 Å². The van der Waals surface area contributed by atoms with Gasteiger partial charge in [-0.25, -0.2) is 4.98 Å². The SMILES string of the molecule is COc1cccc(CN(C)C(=O)C(C)SCc2nc3sc(C)c(C)c3c(=O)[nH]2)c1. The fourth-order valence-electron chi connectivity index (χ4n) is 3.08. The number of aromatic nitrogens is 2. The molecule has 0 bridgehead atoms. The summed E-state index contributed by atoms with van der Waals surface area (Å²) in [4.78, 5) is 36.1. The first-order valence-electron chi connectivity index (χ1n) is 9.28. The van der Waals surface area contributed by atoms with Crippen LogP contribution < -0.4 is 10.3 Å². The van der Waals surface area contributed by atoms with Gasteiger partial charge in [0.05, 0.1) is 23.5 Å². The number of hydrogen-bond acceptors (Lipinski definition) is 6. The minimum Gasteiger partial charge on any atom is -0.497 e. The predicted molar refractivity (Wildman–Crippen MR) is 120 cm³/mol. The summed E-state index contributed by atoms with van der Waals surface area (Å²) in [5.41, 5.74) is 1.89. The molecule has 0 aliphatic rings. The number of ether oxygens (including phenoxy) is 1. The molecule has 154 valence electrons. The summed E-state index contributed by atoms with van der Waals surface area (Å²) in [6, 6.07) is 7.69. The average molecular weight is 432 g/mol. The normalized spacial score (nSPS) is 12.2. The molecule has 8 heteroatoms. The van der Waals surface area contributed by atoms with Crippen LogP contribution in [0.25, 0.3) is 10.2 Å². The zero-order chi connectivity index (χ0) is 21.1. The van der Waals surface area contributed by atoms with Crippen LogP contribution in [-0.2, 0) is 17.1 Å². The summed E-state index contributed by atoms with van der Waals surface area (Å²) in [7, 11) is 3.42. The van der Waals surface area contributed by atoms with E-state index >= 15 is 0 Å². The number of carbonyl (C=O) groups excluding carboxylic acids is 1. The quantitative estimate of drug-likeness (QED) is 0.614. The molecule has 0 radical (unpaired) electrons. The number of fused-ring (bicyclic) bond motifs is 1. The summed E-state index contributed by atoms with van der Waals surface area (Å²) in [6.45, 7) is 6.33. The number of aryl methyl sites for hydroxylation is 2. The molecule has 29 heavy (non-hydrogen) atoms. The van der Waals surface area contributed by atoms with Gasteiger partial charge in [0.2, 0.25) is 5.91 Å². The summed E-state index contributed by atoms with van der Waals surface area (Å²) in [5.74, 6) is 1.88. The second-order valence-electron chi connectivity index (χ2n) is 6.98. The highest BCUT2D eigenvalue weighted by Gasteiger charge is 2.19. The van der Waals surface area contributed by atoms with E-state index in [9.17, 15) is 9.59 Å². The number of H-pyrrole nitrogens is 1. The van der Waals surface area contributed by atoms with Crippen LogP contribution in [0.1, 0.15) is 28.8 Å². The molecule has 0 aliphatic carbocycles. The highest BCUT2D eigenvalue weighted by molar-refractivity contribution is 7.99. The Morgan fingerprint density at radius 1 is 1.38 bits per heavy atom. The molecule has 1 unspecified atom stereocenters. The molecule has 1 amide bonds. The van der Waals surface area contributed by atoms with Crippen LogP contribution in [0.15, 0.2) is 29.1 Å². The van der Waals surface area contributed by atoms with Crippen LogP contribution >= 0.6 is 23.1 Å². The smallest absolute Gasteiger partial charge is 0.259 e. The van der Waals surface area contributed by atoms with Gasteiger partial charge in [0, 0.05) is 18.5 Å². The lowest BCUT2D eigenvalue weighted by Crippen LogP contribution is -2.33. The van der Waals surface area contributed by atoms with Gasteiger partial charge in [0.25, 0.3) is 5.56 Å². The molecule has 6 nitrogen and oxygen atoms in total. The van der Waals surface area contributed by atoms with Gasteiger partial charge in [-0.3, -0.25) is 9.59 Å². The monoisotopic (exact) mass is 431 g/mol. The maximum Gasteiger partial charge on any atom is 0.259 e. The summed E-state index contributed by atoms with van der Waals surface area (Å²) in [6.07, 6.45) is 0. The van der Waals surface area contributed by atoms with Crippen LogP contribution in [0.3, 0.4) is 0 Å². The lowest BCUT2D eigenvalue weighted by Gasteiger charge is -2.21. The Morgan fingerprint density at radius 3 is 2.86 bits per heavy atom. The maximum atomic E-state index is 12.7. The first-order chi connectivity index (χ1) is 13.8. The van der Waals surface area contributed by atoms with Crippen molar-refractivity contribution in [1.29, 1.82) is 0 Å². The van der Waals surface area contributed by atoms with Crippen molar-refractivity contribution in [2.45, 2.75) is 38.3 Å². The van der Waals surface area contributed by atoms with Gasteiger partial charge in [-0.05, 0) is 44.0 Å². The lowest BCUT2D eigenvalue weighted by atomic mass is 10.2. The van der Waals surface area contributed by atoms with Gasteiger partial charge in [-0.1, -0.05) is 12.1 Å². The molecule has 1 atom stereocenters. The molecular formula is C21H25N3O3S2. The molecule has 3 aromatic rings. The number of carbonyl (C=O) groups is 1. The summed E-state index contributed by atoms with van der Waals surface area (Å²) in [5, 5.41) is 0.418. The van der Waals surface area contributed by atoms with Gasteiger partial charge in [0.1, 0.15) is 16.4 Å². The standard InChI is InChI=1S/C21H25N3O3S2/c1-12-13(2)29-20-18(12)19(25)22-17(23-20)11-28-14(3)21(26)24(4)10-15-7-6-8-16(9-15)27-5/h6-9,14H,10-11H2,1-5H3,(H,22,23,25). The molecule has 2 aromatic heterocycles. The second-order valence-corrected chi connectivity index (χ2v) is 9.51. The van der Waals surface area contributed by atoms with E-state index < -0.39 is 0 Å². The molecule has 1 aromatic carbocycles. The fourth-order valence-corrected chi connectivity index (χ4v) is 4.99. The molecule has 3 rings (SSSR count). The number of rotatable bonds is 7. The number of nitrogens with zero attached hydrogens (tertiary/aromatic N) is 2. The largest absolute Gasteiger partial charge is 0.497 e. The third kappa shape index (κ3) is 4.82. The number of amides is 1. The minimum atomic E-state index is -0.251. The highest BCUT2D eigenvalue weighted by Crippen LogP contribution is 2.26. The lowest BCUT2D eigenvalue weighted by molar-refractivity contribution is -0.129. The zero-order valence-corrected chi connectivity index (χ0v) is 18.9. The second kappa shape index (κ2) is 9.00. The van der Waals surface area contributed by atoms with E-state index in [-0.39, 0.29) is 16.7 Å². The van der Waals surface area contributed by atoms with Gasteiger partial charge >= 0.3 is 0 Å². The summed E-state index contributed by atoms with van der Waals surface area (Å²) >= 11 is 3.00. The van der Waals surface area contributed by atoms with E-state index in [0.29, 0.717) is 23.5 Å². The van der Waals surface area contributed by atoms with Crippen molar-refractivity contribution in [3.8, 4) is 5.75 Å². The third-order valence-electron chi connectivity index (χ3n) is 4.84. The van der Waals surface area contributed by atoms with Crippen molar-refractivity contribution < 1.29 is 9.53 Å². The zero-order valence-electron chi connectivity index (χ0n) is 17.2. The van der Waals surface area contributed by atoms with E-state index in [1.165, 1.54) is 23.1 Å². The summed E-state index contributed by atoms with van der Waals surface area (Å²) < 4.78 is 5.24. The van der Waals surface area contributed by atoms with E-state index in [0.717, 1.165) is 26.6 Å². The van der Waals surface area contributed by atoms with Crippen molar-refractivity contribution in [3.05, 3.63) is 56.4 Å². The number of thiophene rings is 1. The maximum absolute atomic E-state index is 12.7. The number of thioether (sulfide) groups is 1. The van der Waals surface area contributed by atoms with Gasteiger partial charge in [0.15, 0.2) is 0 Å². The molecule has 0 saturated carbocycles. The van der Waals surface area contributed by atoms with Crippen LogP contribution in [0, 0.1) is 13.8 Å². The highest BCUT2D eigenvalue weighted by atomic mass is 32.2. The van der Waals surface area contributed by atoms with Crippen LogP contribution in [0.5, 0.6) is 5.75 Å². The number of aromatic amines is 1. The van der Waals surface area contributed by atoms with Crippen LogP contribution in [-0.4, -0.2) is 40.2 Å². The van der Waals surface area contributed by atoms with E-state index in [4.69, 9.17) is 4.74 Å². The Morgan fingerprint density at radius 2 is 2.14 bits per heavy atom. The van der Waals surface area contributed by atoms with E-state index in [1.807, 2.05) is 45.0 Å². The van der Waals surface area contributed by atoms with Crippen LogP contribution in [0.4, 0.5) is 0 Å². The molecular weight excluding hydrogens is 406 g/mol. The van der Waals surface area contributed by atoms with Crippen molar-refractivity contribution in [2.24, 2.45) is 0 Å². The number of methoxy groups -OCH3 is 1. The van der Waals surface area contributed by atoms with Crippen molar-refractivity contribution in [2.75, 3.05) is 14.2 Å². The Kier molecular flexibility index (Phi) is 6.64. The number of benzene rings is 1. The predicted octanol–water partition coefficient (Wildman–Crippen LogP) is 3.89. The first kappa shape index (κ1) is 21.4. The molecule has 2 heterocycles. The Labute approximate surface area is 178 Å². The molecule has 0 fully saturated rings. The van der Waals surface area contributed by atoms with Crippen molar-refractivity contribution >= 4 is 39.2 Å². The number of nitrogens with one attached hydrogen (secondary N) is 1. The fraction of sp³-hybridized carbons (Fsp3) is 0.381. The van der Waals surface area contributed by atoms with Gasteiger partial charge < -0.3 is 14.6 Å². The topological polar surface area (TPSA) is 75.3 Å². The molecule has 0 spiro atoms. The Hall–Kier alpha value is -2.32. The van der Waals surface area contributed by atoms with Gasteiger partial charge in [-0.15, -0.1) is 23.1 Å². The average Bonchev–Trinajstić information content (AvgIpc) is 2.99. The van der Waals surface area contributed by atoms with Crippen molar-refractivity contribution in [1.82, 2.24) is 14.9 Å². The first-order valence-corrected chi connectivity index (χ1v) is 11.1. The number of hydrogen-bond donors (Lipinski definition) is 1. The van der Waals surface area contributed by atoms with Crippen LogP contribution in [0.2, 0.25) is 0 Å². The Balaban J connectivity index is 1.63. The molecule has 0 aliphatic heterocycles. The Bertz CT molecular complexity index is 1090. The minimum absolute atomic E-state index is 0.0315. The van der Waals surface area contributed by atoms with E-state index in [2.05, 4.69) is 9.97 Å². The third-order valence-corrected chi connectivity index (χ3v) is 7.08.